The van der Waals surface area contributed by atoms with Gasteiger partial charge < -0.3 is 25.2 Å². The number of benzene rings is 1. The van der Waals surface area contributed by atoms with Crippen molar-refractivity contribution in [3.05, 3.63) is 30.3 Å². The lowest BCUT2D eigenvalue weighted by molar-refractivity contribution is -0.120. The van der Waals surface area contributed by atoms with Crippen LogP contribution in [0.5, 0.6) is 0 Å². The van der Waals surface area contributed by atoms with Crippen molar-refractivity contribution in [3.8, 4) is 0 Å². The van der Waals surface area contributed by atoms with E-state index in [0.29, 0.717) is 13.2 Å². The Morgan fingerprint density at radius 2 is 1.84 bits per heavy atom. The number of carbonyl (C=O) groups excluding carboxylic acids is 1. The second-order valence-corrected chi connectivity index (χ2v) is 5.55. The average Bonchev–Trinajstić information content (AvgIpc) is 2.64. The highest BCUT2D eigenvalue weighted by Crippen LogP contribution is 2.15. The molecule has 0 spiro atoms. The van der Waals surface area contributed by atoms with Crippen molar-refractivity contribution in [2.45, 2.75) is 0 Å². The predicted molar refractivity (Wildman–Crippen MR) is 112 cm³/mol. The Balaban J connectivity index is 0.00000312. The Morgan fingerprint density at radius 1 is 1.16 bits per heavy atom. The fourth-order valence-electron chi connectivity index (χ4n) is 2.66. The van der Waals surface area contributed by atoms with Crippen LogP contribution in [-0.2, 0) is 9.53 Å². The average molecular weight is 461 g/mol. The van der Waals surface area contributed by atoms with Crippen LogP contribution < -0.4 is 15.5 Å². The van der Waals surface area contributed by atoms with Gasteiger partial charge >= 0.3 is 0 Å². The van der Waals surface area contributed by atoms with Crippen LogP contribution in [0.2, 0.25) is 0 Å². The molecule has 0 atom stereocenters. The molecular formula is C17H28IN5O2. The SMILES string of the molecule is CN=C(NCC(=O)NCCOC)N1CCN(c2ccccc2)CC1.I. The van der Waals surface area contributed by atoms with Gasteiger partial charge in [-0.3, -0.25) is 9.79 Å². The van der Waals surface area contributed by atoms with Gasteiger partial charge in [-0.25, -0.2) is 0 Å². The number of piperazine rings is 1. The molecule has 140 valence electrons. The van der Waals surface area contributed by atoms with Gasteiger partial charge in [0.25, 0.3) is 0 Å². The molecule has 1 aliphatic heterocycles. The van der Waals surface area contributed by atoms with E-state index < -0.39 is 0 Å². The summed E-state index contributed by atoms with van der Waals surface area (Å²) in [6, 6.07) is 10.4. The number of amides is 1. The van der Waals surface area contributed by atoms with E-state index in [1.54, 1.807) is 14.2 Å². The zero-order chi connectivity index (χ0) is 17.2. The molecule has 7 nitrogen and oxygen atoms in total. The van der Waals surface area contributed by atoms with Crippen molar-refractivity contribution in [1.29, 1.82) is 0 Å². The number of ether oxygens (including phenoxy) is 1. The molecule has 1 saturated heterocycles. The van der Waals surface area contributed by atoms with Gasteiger partial charge in [-0.1, -0.05) is 18.2 Å². The zero-order valence-corrected chi connectivity index (χ0v) is 17.2. The second kappa shape index (κ2) is 11.9. The molecule has 25 heavy (non-hydrogen) atoms. The van der Waals surface area contributed by atoms with Gasteiger partial charge in [0.05, 0.1) is 13.2 Å². The molecule has 2 N–H and O–H groups in total. The summed E-state index contributed by atoms with van der Waals surface area (Å²) in [5.41, 5.74) is 1.25. The quantitative estimate of drug-likeness (QED) is 0.284. The number of nitrogens with one attached hydrogen (secondary N) is 2. The van der Waals surface area contributed by atoms with Crippen LogP contribution in [0.4, 0.5) is 5.69 Å². The van der Waals surface area contributed by atoms with Crippen LogP contribution >= 0.6 is 24.0 Å². The van der Waals surface area contributed by atoms with E-state index in [0.717, 1.165) is 32.1 Å². The lowest BCUT2D eigenvalue weighted by Gasteiger charge is -2.37. The van der Waals surface area contributed by atoms with Crippen LogP contribution in [0.25, 0.3) is 0 Å². The summed E-state index contributed by atoms with van der Waals surface area (Å²) in [5.74, 6) is 0.709. The molecule has 1 fully saturated rings. The molecular weight excluding hydrogens is 433 g/mol. The normalized spacial score (nSPS) is 14.7. The highest BCUT2D eigenvalue weighted by Gasteiger charge is 2.19. The van der Waals surface area contributed by atoms with E-state index in [-0.39, 0.29) is 36.4 Å². The number of guanidine groups is 1. The van der Waals surface area contributed by atoms with Gasteiger partial charge in [-0.2, -0.15) is 0 Å². The molecule has 1 amide bonds. The summed E-state index contributed by atoms with van der Waals surface area (Å²) in [5, 5.41) is 5.91. The van der Waals surface area contributed by atoms with Crippen LogP contribution in [0.3, 0.4) is 0 Å². The molecule has 1 heterocycles. The molecule has 2 rings (SSSR count). The molecule has 0 aliphatic carbocycles. The number of nitrogens with zero attached hydrogens (tertiary/aromatic N) is 3. The zero-order valence-electron chi connectivity index (χ0n) is 14.9. The highest BCUT2D eigenvalue weighted by atomic mass is 127. The first kappa shape index (κ1) is 21.5. The van der Waals surface area contributed by atoms with Gasteiger partial charge in [0, 0.05) is 52.6 Å². The number of hydrogen-bond donors (Lipinski definition) is 2. The molecule has 0 bridgehead atoms. The maximum Gasteiger partial charge on any atom is 0.239 e. The monoisotopic (exact) mass is 461 g/mol. The number of hydrogen-bond acceptors (Lipinski definition) is 4. The third-order valence-corrected chi connectivity index (χ3v) is 3.95. The predicted octanol–water partition coefficient (Wildman–Crippen LogP) is 0.765. The summed E-state index contributed by atoms with van der Waals surface area (Å²) < 4.78 is 4.91. The summed E-state index contributed by atoms with van der Waals surface area (Å²) in [6.45, 7) is 4.87. The minimum atomic E-state index is -0.0591. The number of rotatable bonds is 6. The summed E-state index contributed by atoms with van der Waals surface area (Å²) in [7, 11) is 3.36. The Morgan fingerprint density at radius 3 is 2.44 bits per heavy atom. The number of aliphatic imine (C=N–C) groups is 1. The van der Waals surface area contributed by atoms with Crippen molar-refractivity contribution in [1.82, 2.24) is 15.5 Å². The first-order valence-corrected chi connectivity index (χ1v) is 8.26. The van der Waals surface area contributed by atoms with Crippen molar-refractivity contribution in [3.63, 3.8) is 0 Å². The molecule has 0 aromatic heterocycles. The molecule has 1 aromatic carbocycles. The Hall–Kier alpha value is -1.55. The lowest BCUT2D eigenvalue weighted by Crippen LogP contribution is -2.53. The molecule has 8 heteroatoms. The van der Waals surface area contributed by atoms with Gasteiger partial charge in [0.1, 0.15) is 0 Å². The van der Waals surface area contributed by atoms with Crippen LogP contribution in [0.15, 0.2) is 35.3 Å². The number of methoxy groups -OCH3 is 1. The number of para-hydroxylation sites is 1. The molecule has 1 aliphatic rings. The minimum absolute atomic E-state index is 0. The fourth-order valence-corrected chi connectivity index (χ4v) is 2.66. The van der Waals surface area contributed by atoms with E-state index in [1.807, 2.05) is 6.07 Å². The summed E-state index contributed by atoms with van der Waals surface area (Å²) >= 11 is 0. The van der Waals surface area contributed by atoms with Gasteiger partial charge in [-0.15, -0.1) is 24.0 Å². The Bertz CT molecular complexity index is 533. The summed E-state index contributed by atoms with van der Waals surface area (Å²) in [4.78, 5) is 20.6. The maximum atomic E-state index is 11.7. The minimum Gasteiger partial charge on any atom is -0.383 e. The first-order chi connectivity index (χ1) is 11.7. The molecule has 1 aromatic rings. The number of carbonyl (C=O) groups is 1. The first-order valence-electron chi connectivity index (χ1n) is 8.26. The van der Waals surface area contributed by atoms with E-state index >= 15 is 0 Å². The number of anilines is 1. The molecule has 0 saturated carbocycles. The maximum absolute atomic E-state index is 11.7. The van der Waals surface area contributed by atoms with E-state index in [1.165, 1.54) is 5.69 Å². The number of halogens is 1. The molecule has 0 unspecified atom stereocenters. The highest BCUT2D eigenvalue weighted by molar-refractivity contribution is 14.0. The van der Waals surface area contributed by atoms with Gasteiger partial charge in [0.2, 0.25) is 5.91 Å². The van der Waals surface area contributed by atoms with Crippen LogP contribution in [-0.4, -0.2) is 76.8 Å². The van der Waals surface area contributed by atoms with E-state index in [2.05, 4.69) is 49.7 Å². The fraction of sp³-hybridized carbons (Fsp3) is 0.529. The standard InChI is InChI=1S/C17H27N5O2.HI/c1-18-17(20-14-16(23)19-8-13-24-2)22-11-9-21(10-12-22)15-6-4-3-5-7-15;/h3-7H,8-14H2,1-2H3,(H,18,20)(H,19,23);1H. The third-order valence-electron chi connectivity index (χ3n) is 3.95. The smallest absolute Gasteiger partial charge is 0.239 e. The van der Waals surface area contributed by atoms with Crippen molar-refractivity contribution >= 4 is 41.5 Å². The van der Waals surface area contributed by atoms with Crippen molar-refractivity contribution < 1.29 is 9.53 Å². The second-order valence-electron chi connectivity index (χ2n) is 5.55. The largest absolute Gasteiger partial charge is 0.383 e. The third kappa shape index (κ3) is 7.07. The molecule has 0 radical (unpaired) electrons. The van der Waals surface area contributed by atoms with Crippen LogP contribution in [0.1, 0.15) is 0 Å². The lowest BCUT2D eigenvalue weighted by atomic mass is 10.2. The van der Waals surface area contributed by atoms with Crippen LogP contribution in [0, 0.1) is 0 Å². The van der Waals surface area contributed by atoms with Gasteiger partial charge in [-0.05, 0) is 12.1 Å². The van der Waals surface area contributed by atoms with E-state index in [9.17, 15) is 4.79 Å². The Labute approximate surface area is 166 Å². The van der Waals surface area contributed by atoms with Gasteiger partial charge in [0.15, 0.2) is 5.96 Å². The van der Waals surface area contributed by atoms with E-state index in [4.69, 9.17) is 4.74 Å². The Kier molecular flexibility index (Phi) is 10.2. The van der Waals surface area contributed by atoms with Crippen molar-refractivity contribution in [2.24, 2.45) is 4.99 Å². The topological polar surface area (TPSA) is 69.2 Å². The van der Waals surface area contributed by atoms with Crippen molar-refractivity contribution in [2.75, 3.05) is 64.9 Å². The summed E-state index contributed by atoms with van der Waals surface area (Å²) in [6.07, 6.45) is 0.